The molecule has 0 bridgehead atoms. The van der Waals surface area contributed by atoms with Gasteiger partial charge in [-0.2, -0.15) is 4.31 Å². The van der Waals surface area contributed by atoms with Gasteiger partial charge in [-0.15, -0.1) is 0 Å². The van der Waals surface area contributed by atoms with Gasteiger partial charge in [0.15, 0.2) is 0 Å². The van der Waals surface area contributed by atoms with Gasteiger partial charge >= 0.3 is 0 Å². The van der Waals surface area contributed by atoms with Crippen molar-refractivity contribution in [2.45, 2.75) is 31.1 Å². The molecular weight excluding hydrogens is 422 g/mol. The number of anilines is 1. The van der Waals surface area contributed by atoms with E-state index in [9.17, 15) is 13.2 Å². The lowest BCUT2D eigenvalue weighted by Gasteiger charge is -2.33. The first-order chi connectivity index (χ1) is 14.3. The number of rotatable bonds is 5. The molecule has 0 unspecified atom stereocenters. The van der Waals surface area contributed by atoms with Crippen molar-refractivity contribution in [2.24, 2.45) is 0 Å². The highest BCUT2D eigenvalue weighted by molar-refractivity contribution is 7.89. The summed E-state index contributed by atoms with van der Waals surface area (Å²) in [5, 5.41) is 3.34. The minimum absolute atomic E-state index is 0.157. The lowest BCUT2D eigenvalue weighted by atomic mass is 10.1. The lowest BCUT2D eigenvalue weighted by molar-refractivity contribution is -0.117. The van der Waals surface area contributed by atoms with Gasteiger partial charge < -0.3 is 5.32 Å². The number of halogens is 1. The summed E-state index contributed by atoms with van der Waals surface area (Å²) < 4.78 is 27.6. The van der Waals surface area contributed by atoms with Gasteiger partial charge in [0.05, 0.1) is 22.2 Å². The van der Waals surface area contributed by atoms with Crippen LogP contribution in [0.5, 0.6) is 0 Å². The molecule has 1 aliphatic heterocycles. The number of nitrogens with one attached hydrogen (secondary N) is 1. The SMILES string of the molecule is Cc1ccc(NC(=O)CN2CCN(S(=O)(=O)c3ccc4c(c3)CCC4)CC2)c(Cl)c1. The summed E-state index contributed by atoms with van der Waals surface area (Å²) in [6, 6.07) is 11.0. The van der Waals surface area contributed by atoms with E-state index in [1.165, 1.54) is 9.87 Å². The Morgan fingerprint density at radius 3 is 2.50 bits per heavy atom. The van der Waals surface area contributed by atoms with Crippen molar-refractivity contribution in [1.82, 2.24) is 9.21 Å². The first-order valence-electron chi connectivity index (χ1n) is 10.2. The summed E-state index contributed by atoms with van der Waals surface area (Å²) in [6.45, 7) is 3.92. The summed E-state index contributed by atoms with van der Waals surface area (Å²) in [7, 11) is -3.51. The number of fused-ring (bicyclic) bond motifs is 1. The fourth-order valence-corrected chi connectivity index (χ4v) is 5.86. The molecular formula is C22H26ClN3O3S. The van der Waals surface area contributed by atoms with Gasteiger partial charge in [-0.1, -0.05) is 23.7 Å². The molecule has 1 saturated heterocycles. The number of amides is 1. The van der Waals surface area contributed by atoms with E-state index in [4.69, 9.17) is 11.6 Å². The Morgan fingerprint density at radius 1 is 1.03 bits per heavy atom. The molecule has 2 aliphatic rings. The van der Waals surface area contributed by atoms with Crippen molar-refractivity contribution in [3.8, 4) is 0 Å². The van der Waals surface area contributed by atoms with Gasteiger partial charge in [-0.05, 0) is 67.1 Å². The van der Waals surface area contributed by atoms with Crippen LogP contribution in [-0.4, -0.2) is 56.3 Å². The van der Waals surface area contributed by atoms with E-state index in [2.05, 4.69) is 5.32 Å². The highest BCUT2D eigenvalue weighted by atomic mass is 35.5. The molecule has 0 radical (unpaired) electrons. The first-order valence-corrected chi connectivity index (χ1v) is 12.0. The molecule has 0 atom stereocenters. The van der Waals surface area contributed by atoms with Crippen molar-refractivity contribution in [1.29, 1.82) is 0 Å². The van der Waals surface area contributed by atoms with Gasteiger partial charge in [0.2, 0.25) is 15.9 Å². The van der Waals surface area contributed by atoms with Gasteiger partial charge in [-0.25, -0.2) is 8.42 Å². The van der Waals surface area contributed by atoms with E-state index in [1.54, 1.807) is 18.2 Å². The number of sulfonamides is 1. The van der Waals surface area contributed by atoms with Gasteiger partial charge in [-0.3, -0.25) is 9.69 Å². The third-order valence-electron chi connectivity index (χ3n) is 5.80. The highest BCUT2D eigenvalue weighted by Crippen LogP contribution is 2.27. The Kier molecular flexibility index (Phi) is 6.16. The van der Waals surface area contributed by atoms with Crippen LogP contribution in [0.1, 0.15) is 23.1 Å². The zero-order valence-electron chi connectivity index (χ0n) is 17.0. The van der Waals surface area contributed by atoms with Crippen LogP contribution >= 0.6 is 11.6 Å². The average molecular weight is 448 g/mol. The summed E-state index contributed by atoms with van der Waals surface area (Å²) in [4.78, 5) is 14.7. The quantitative estimate of drug-likeness (QED) is 0.764. The second kappa shape index (κ2) is 8.67. The van der Waals surface area contributed by atoms with Crippen molar-refractivity contribution in [3.63, 3.8) is 0 Å². The molecule has 1 aliphatic carbocycles. The number of aryl methyl sites for hydroxylation is 3. The van der Waals surface area contributed by atoms with Crippen LogP contribution < -0.4 is 5.32 Å². The number of hydrogen-bond acceptors (Lipinski definition) is 4. The van der Waals surface area contributed by atoms with E-state index in [1.807, 2.05) is 30.0 Å². The summed E-state index contributed by atoms with van der Waals surface area (Å²) in [6.07, 6.45) is 3.07. The van der Waals surface area contributed by atoms with Crippen molar-refractivity contribution >= 4 is 33.2 Å². The fraction of sp³-hybridized carbons (Fsp3) is 0.409. The summed E-state index contributed by atoms with van der Waals surface area (Å²) >= 11 is 6.18. The minimum atomic E-state index is -3.51. The number of carbonyl (C=O) groups is 1. The number of nitrogens with zero attached hydrogens (tertiary/aromatic N) is 2. The molecule has 1 fully saturated rings. The van der Waals surface area contributed by atoms with Crippen molar-refractivity contribution < 1.29 is 13.2 Å². The molecule has 8 heteroatoms. The lowest BCUT2D eigenvalue weighted by Crippen LogP contribution is -2.50. The number of hydrogen-bond donors (Lipinski definition) is 1. The van der Waals surface area contributed by atoms with Gasteiger partial charge in [0.25, 0.3) is 0 Å². The van der Waals surface area contributed by atoms with Crippen LogP contribution in [0.2, 0.25) is 5.02 Å². The van der Waals surface area contributed by atoms with Crippen molar-refractivity contribution in [3.05, 3.63) is 58.1 Å². The Morgan fingerprint density at radius 2 is 1.77 bits per heavy atom. The molecule has 4 rings (SSSR count). The number of carbonyl (C=O) groups excluding carboxylic acids is 1. The summed E-state index contributed by atoms with van der Waals surface area (Å²) in [5.74, 6) is -0.157. The molecule has 160 valence electrons. The van der Waals surface area contributed by atoms with E-state index < -0.39 is 10.0 Å². The van der Waals surface area contributed by atoms with Crippen LogP contribution in [0, 0.1) is 6.92 Å². The van der Waals surface area contributed by atoms with E-state index in [0.29, 0.717) is 41.8 Å². The molecule has 0 aromatic heterocycles. The van der Waals surface area contributed by atoms with E-state index in [0.717, 1.165) is 30.4 Å². The molecule has 1 heterocycles. The Hall–Kier alpha value is -1.93. The normalized spacial score (nSPS) is 17.7. The molecule has 1 amide bonds. The van der Waals surface area contributed by atoms with Crippen LogP contribution in [-0.2, 0) is 27.7 Å². The van der Waals surface area contributed by atoms with Gasteiger partial charge in [0, 0.05) is 26.2 Å². The third kappa shape index (κ3) is 4.54. The minimum Gasteiger partial charge on any atom is -0.324 e. The maximum absolute atomic E-state index is 13.0. The standard InChI is InChI=1S/C22H26ClN3O3S/c1-16-5-8-21(20(23)13-16)24-22(27)15-25-9-11-26(12-10-25)30(28,29)19-7-6-17-3-2-4-18(17)14-19/h5-8,13-14H,2-4,9-12,15H2,1H3,(H,24,27). The van der Waals surface area contributed by atoms with Crippen molar-refractivity contribution in [2.75, 3.05) is 38.0 Å². The van der Waals surface area contributed by atoms with Crippen LogP contribution in [0.3, 0.4) is 0 Å². The third-order valence-corrected chi connectivity index (χ3v) is 8.01. The zero-order valence-corrected chi connectivity index (χ0v) is 18.6. The van der Waals surface area contributed by atoms with Crippen LogP contribution in [0.4, 0.5) is 5.69 Å². The average Bonchev–Trinajstić information content (AvgIpc) is 3.18. The van der Waals surface area contributed by atoms with E-state index >= 15 is 0 Å². The first kappa shape index (κ1) is 21.3. The fourth-order valence-electron chi connectivity index (χ4n) is 4.10. The Balaban J connectivity index is 1.33. The van der Waals surface area contributed by atoms with Gasteiger partial charge in [0.1, 0.15) is 0 Å². The molecule has 1 N–H and O–H groups in total. The highest BCUT2D eigenvalue weighted by Gasteiger charge is 2.30. The summed E-state index contributed by atoms with van der Waals surface area (Å²) in [5.41, 5.74) is 4.03. The van der Waals surface area contributed by atoms with Crippen LogP contribution in [0.25, 0.3) is 0 Å². The second-order valence-electron chi connectivity index (χ2n) is 8.00. The largest absolute Gasteiger partial charge is 0.324 e. The maximum Gasteiger partial charge on any atom is 0.243 e. The molecule has 0 saturated carbocycles. The zero-order chi connectivity index (χ0) is 21.3. The topological polar surface area (TPSA) is 69.7 Å². The van der Waals surface area contributed by atoms with Crippen LogP contribution in [0.15, 0.2) is 41.3 Å². The Labute approximate surface area is 182 Å². The predicted octanol–water partition coefficient (Wildman–Crippen LogP) is 3.08. The molecule has 6 nitrogen and oxygen atoms in total. The second-order valence-corrected chi connectivity index (χ2v) is 10.3. The molecule has 2 aromatic carbocycles. The maximum atomic E-state index is 13.0. The number of piperazine rings is 1. The smallest absolute Gasteiger partial charge is 0.243 e. The van der Waals surface area contributed by atoms with E-state index in [-0.39, 0.29) is 12.5 Å². The number of benzene rings is 2. The molecule has 0 spiro atoms. The molecule has 2 aromatic rings. The Bertz CT molecular complexity index is 1060. The molecule has 30 heavy (non-hydrogen) atoms. The monoisotopic (exact) mass is 447 g/mol. The predicted molar refractivity (Wildman–Crippen MR) is 118 cm³/mol.